The Hall–Kier alpha value is -3.51. The Morgan fingerprint density at radius 1 is 1.24 bits per heavy atom. The highest BCUT2D eigenvalue weighted by molar-refractivity contribution is 6.07. The molecule has 0 aliphatic carbocycles. The minimum atomic E-state index is -0.327. The fraction of sp³-hybridized carbons (Fsp3) is 0.353. The number of aliphatic hydroxyl groups is 1. The first-order valence-corrected chi connectivity index (χ1v) is 8.81. The highest BCUT2D eigenvalue weighted by Gasteiger charge is 2.27. The van der Waals surface area contributed by atoms with Gasteiger partial charge in [-0.15, -0.1) is 10.2 Å². The molecule has 0 bridgehead atoms. The third-order valence-corrected chi connectivity index (χ3v) is 4.89. The number of hydrogen-bond donors (Lipinski definition) is 5. The molecule has 7 N–H and O–H groups in total. The number of amidine groups is 2. The largest absolute Gasteiger partial charge is 0.392 e. The number of hydrogen-bond acceptors (Lipinski definition) is 10. The van der Waals surface area contributed by atoms with Gasteiger partial charge in [0.05, 0.1) is 17.8 Å². The van der Waals surface area contributed by atoms with Gasteiger partial charge in [-0.05, 0) is 36.6 Å². The molecule has 1 saturated heterocycles. The third-order valence-electron chi connectivity index (χ3n) is 4.89. The van der Waals surface area contributed by atoms with Crippen LogP contribution in [0.15, 0.2) is 38.6 Å². The number of aliphatic hydroxyl groups excluding tert-OH is 1. The van der Waals surface area contributed by atoms with E-state index in [0.29, 0.717) is 22.3 Å². The van der Waals surface area contributed by atoms with Crippen LogP contribution in [-0.2, 0) is 11.3 Å². The highest BCUT2D eigenvalue weighted by atomic mass is 16.5. The van der Waals surface area contributed by atoms with Crippen molar-refractivity contribution in [1.29, 1.82) is 11.1 Å². The molecule has 1 fully saturated rings. The van der Waals surface area contributed by atoms with Crippen molar-refractivity contribution in [2.75, 3.05) is 18.6 Å². The lowest BCUT2D eigenvalue weighted by Crippen LogP contribution is -2.31. The van der Waals surface area contributed by atoms with Gasteiger partial charge in [0.2, 0.25) is 5.84 Å². The maximum absolute atomic E-state index is 9.80. The fourth-order valence-electron chi connectivity index (χ4n) is 3.56. The lowest BCUT2D eigenvalue weighted by atomic mass is 10.0. The number of pyridine rings is 1. The minimum Gasteiger partial charge on any atom is -0.392 e. The Labute approximate surface area is 166 Å². The van der Waals surface area contributed by atoms with Gasteiger partial charge >= 0.3 is 0 Å². The molecule has 0 radical (unpaired) electrons. The van der Waals surface area contributed by atoms with Gasteiger partial charge in [0.1, 0.15) is 11.9 Å². The van der Waals surface area contributed by atoms with Gasteiger partial charge in [-0.3, -0.25) is 0 Å². The van der Waals surface area contributed by atoms with Gasteiger partial charge in [0.25, 0.3) is 0 Å². The molecular formula is C17H22N10O2. The summed E-state index contributed by atoms with van der Waals surface area (Å²) >= 11 is 0. The number of fused-ring (bicyclic) bond motifs is 1. The van der Waals surface area contributed by atoms with Crippen LogP contribution >= 0.6 is 0 Å². The van der Waals surface area contributed by atoms with Crippen molar-refractivity contribution >= 4 is 28.3 Å². The molecule has 1 aliphatic heterocycles. The van der Waals surface area contributed by atoms with Crippen molar-refractivity contribution in [2.45, 2.75) is 25.7 Å². The summed E-state index contributed by atoms with van der Waals surface area (Å²) in [6.45, 7) is 0.425. The van der Waals surface area contributed by atoms with Crippen molar-refractivity contribution < 1.29 is 9.84 Å². The van der Waals surface area contributed by atoms with Crippen LogP contribution in [0.1, 0.15) is 29.7 Å². The van der Waals surface area contributed by atoms with Crippen LogP contribution in [-0.4, -0.2) is 41.6 Å². The maximum Gasteiger partial charge on any atom is 0.218 e. The van der Waals surface area contributed by atoms with Crippen LogP contribution < -0.4 is 16.6 Å². The van der Waals surface area contributed by atoms with Crippen LogP contribution in [0.3, 0.4) is 0 Å². The summed E-state index contributed by atoms with van der Waals surface area (Å²) in [6.07, 6.45) is 1.66. The average molecular weight is 398 g/mol. The van der Waals surface area contributed by atoms with Crippen molar-refractivity contribution in [2.24, 2.45) is 32.1 Å². The van der Waals surface area contributed by atoms with Gasteiger partial charge in [-0.2, -0.15) is 10.2 Å². The topological polar surface area (TPSA) is 195 Å². The molecule has 1 aliphatic rings. The summed E-state index contributed by atoms with van der Waals surface area (Å²) in [7, 11) is 1.65. The molecule has 1 aromatic heterocycles. The Morgan fingerprint density at radius 3 is 2.55 bits per heavy atom. The van der Waals surface area contributed by atoms with Gasteiger partial charge in [-0.1, -0.05) is 0 Å². The average Bonchev–Trinajstić information content (AvgIpc) is 3.23. The van der Waals surface area contributed by atoms with E-state index in [4.69, 9.17) is 27.5 Å². The number of benzene rings is 1. The van der Waals surface area contributed by atoms with E-state index in [9.17, 15) is 5.11 Å². The van der Waals surface area contributed by atoms with Gasteiger partial charge in [-0.25, -0.2) is 16.0 Å². The molecule has 0 saturated carbocycles. The van der Waals surface area contributed by atoms with Gasteiger partial charge in [0.15, 0.2) is 5.84 Å². The number of nitrogens with zero attached hydrogens (tertiary/aromatic N) is 6. The predicted molar refractivity (Wildman–Crippen MR) is 107 cm³/mol. The van der Waals surface area contributed by atoms with Crippen LogP contribution in [0.2, 0.25) is 0 Å². The lowest BCUT2D eigenvalue weighted by molar-refractivity contribution is 0.111. The molecular weight excluding hydrogens is 376 g/mol. The van der Waals surface area contributed by atoms with E-state index in [1.54, 1.807) is 25.3 Å². The monoisotopic (exact) mass is 398 g/mol. The Kier molecular flexibility index (Phi) is 6.04. The number of methoxy groups -OCH3 is 1. The molecule has 152 valence electrons. The van der Waals surface area contributed by atoms with Crippen molar-refractivity contribution in [3.63, 3.8) is 0 Å². The van der Waals surface area contributed by atoms with Gasteiger partial charge in [0, 0.05) is 24.6 Å². The molecule has 29 heavy (non-hydrogen) atoms. The van der Waals surface area contributed by atoms with Gasteiger partial charge < -0.3 is 26.4 Å². The molecule has 0 unspecified atom stereocenters. The van der Waals surface area contributed by atoms with E-state index in [1.807, 2.05) is 0 Å². The second kappa shape index (κ2) is 8.67. The number of ether oxygens (including phenoxy) is 1. The van der Waals surface area contributed by atoms with E-state index in [0.717, 1.165) is 30.5 Å². The summed E-state index contributed by atoms with van der Waals surface area (Å²) in [6, 6.07) is 5.13. The van der Waals surface area contributed by atoms with E-state index >= 15 is 0 Å². The van der Waals surface area contributed by atoms with Crippen LogP contribution in [0.25, 0.3) is 10.9 Å². The smallest absolute Gasteiger partial charge is 0.218 e. The summed E-state index contributed by atoms with van der Waals surface area (Å²) in [5, 5.41) is 24.3. The van der Waals surface area contributed by atoms with E-state index in [1.165, 1.54) is 0 Å². The zero-order valence-electron chi connectivity index (χ0n) is 15.8. The Morgan fingerprint density at radius 2 is 1.97 bits per heavy atom. The van der Waals surface area contributed by atoms with Crippen LogP contribution in [0, 0.1) is 11.1 Å². The quantitative estimate of drug-likeness (QED) is 0.167. The number of nitrogens with two attached hydrogens (primary N) is 2. The normalized spacial score (nSPS) is 17.7. The first-order valence-electron chi connectivity index (χ1n) is 8.81. The SMILES string of the molecule is CO[C@H]1CCCN1c1cc(C(N=N)=NN)nc2cc(CO)c(C(N=N)=NN)cc12. The predicted octanol–water partition coefficient (Wildman–Crippen LogP) is 1.60. The number of nitrogens with one attached hydrogen (secondary N) is 2. The summed E-state index contributed by atoms with van der Waals surface area (Å²) in [5.74, 6) is 10.7. The van der Waals surface area contributed by atoms with Crippen LogP contribution in [0.5, 0.6) is 0 Å². The van der Waals surface area contributed by atoms with E-state index in [2.05, 4.69) is 30.3 Å². The van der Waals surface area contributed by atoms with E-state index < -0.39 is 0 Å². The maximum atomic E-state index is 9.80. The Balaban J connectivity index is 2.35. The summed E-state index contributed by atoms with van der Waals surface area (Å²) in [5.41, 5.74) is 17.1. The second-order valence-corrected chi connectivity index (χ2v) is 6.37. The molecule has 3 rings (SSSR count). The van der Waals surface area contributed by atoms with Crippen molar-refractivity contribution in [3.05, 3.63) is 35.0 Å². The molecule has 1 aromatic carbocycles. The van der Waals surface area contributed by atoms with E-state index in [-0.39, 0.29) is 24.5 Å². The lowest BCUT2D eigenvalue weighted by Gasteiger charge is -2.27. The van der Waals surface area contributed by atoms with Crippen molar-refractivity contribution in [3.8, 4) is 0 Å². The second-order valence-electron chi connectivity index (χ2n) is 6.37. The molecule has 0 spiro atoms. The molecule has 0 amide bonds. The zero-order chi connectivity index (χ0) is 21.0. The zero-order valence-corrected chi connectivity index (χ0v) is 15.8. The third kappa shape index (κ3) is 3.62. The highest BCUT2D eigenvalue weighted by Crippen LogP contribution is 2.34. The molecule has 2 heterocycles. The first kappa shape index (κ1) is 20.2. The first-order chi connectivity index (χ1) is 14.1. The van der Waals surface area contributed by atoms with Crippen molar-refractivity contribution in [1.82, 2.24) is 4.98 Å². The van der Waals surface area contributed by atoms with Crippen LogP contribution in [0.4, 0.5) is 5.69 Å². The number of rotatable bonds is 5. The molecule has 1 atom stereocenters. The minimum absolute atomic E-state index is 0.0129. The number of anilines is 1. The molecule has 2 aromatic rings. The fourth-order valence-corrected chi connectivity index (χ4v) is 3.56. The molecule has 12 heteroatoms. The number of aromatic nitrogens is 1. The summed E-state index contributed by atoms with van der Waals surface area (Å²) < 4.78 is 5.60. The number of hydrazone groups is 2. The molecule has 12 nitrogen and oxygen atoms in total. The standard InChI is InChI=1S/C17H22N10O2/c1-29-15-3-2-4-27(15)14-7-13(17(25-20)26-21)22-12-5-9(8-28)10(6-11(12)14)16(23-18)24-19/h5-7,15,18,20,28H,2-4,8,19,21H2,1H3/t15-/m0/s1. The summed E-state index contributed by atoms with van der Waals surface area (Å²) in [4.78, 5) is 6.58. The Bertz CT molecular complexity index is 1000.